The van der Waals surface area contributed by atoms with Crippen LogP contribution in [-0.4, -0.2) is 0 Å². The van der Waals surface area contributed by atoms with E-state index in [-0.39, 0.29) is 5.41 Å². The van der Waals surface area contributed by atoms with E-state index in [4.69, 9.17) is 0 Å². The number of rotatable bonds is 5. The van der Waals surface area contributed by atoms with E-state index in [0.29, 0.717) is 0 Å². The first kappa shape index (κ1) is 11.8. The van der Waals surface area contributed by atoms with E-state index in [1.807, 2.05) is 12.2 Å². The predicted molar refractivity (Wildman–Crippen MR) is 68.2 cm³/mol. The molecular formula is C15H20. The molecule has 80 valence electrons. The van der Waals surface area contributed by atoms with Crippen LogP contribution >= 0.6 is 0 Å². The summed E-state index contributed by atoms with van der Waals surface area (Å²) in [5.41, 5.74) is 2.82. The molecule has 0 heteroatoms. The average Bonchev–Trinajstić information content (AvgIpc) is 2.19. The van der Waals surface area contributed by atoms with Crippen molar-refractivity contribution in [2.45, 2.75) is 32.1 Å². The molecule has 0 saturated carbocycles. The molecule has 1 aromatic rings. The van der Waals surface area contributed by atoms with Gasteiger partial charge >= 0.3 is 0 Å². The lowest BCUT2D eigenvalue weighted by Gasteiger charge is -2.28. The van der Waals surface area contributed by atoms with Crippen molar-refractivity contribution in [2.24, 2.45) is 0 Å². The third-order valence-corrected chi connectivity index (χ3v) is 2.94. The first-order valence-corrected chi connectivity index (χ1v) is 5.41. The molecule has 0 spiro atoms. The van der Waals surface area contributed by atoms with Crippen LogP contribution in [0.4, 0.5) is 0 Å². The van der Waals surface area contributed by atoms with Gasteiger partial charge in [-0.15, -0.1) is 13.2 Å². The second kappa shape index (κ2) is 4.97. The molecule has 1 rings (SSSR count). The molecule has 0 heterocycles. The largest absolute Gasteiger partial charge is 0.103 e. The maximum absolute atomic E-state index is 3.84. The van der Waals surface area contributed by atoms with Crippen molar-refractivity contribution in [1.29, 1.82) is 0 Å². The maximum Gasteiger partial charge on any atom is -0.000660 e. The van der Waals surface area contributed by atoms with Crippen molar-refractivity contribution in [2.75, 3.05) is 0 Å². The van der Waals surface area contributed by atoms with E-state index in [1.165, 1.54) is 11.1 Å². The summed E-state index contributed by atoms with van der Waals surface area (Å²) in [6.45, 7) is 12.1. The van der Waals surface area contributed by atoms with Crippen LogP contribution in [-0.2, 0) is 5.41 Å². The molecule has 0 bridgehead atoms. The van der Waals surface area contributed by atoms with Gasteiger partial charge in [0, 0.05) is 0 Å². The van der Waals surface area contributed by atoms with Gasteiger partial charge in [-0.05, 0) is 30.7 Å². The number of aryl methyl sites for hydroxylation is 1. The van der Waals surface area contributed by atoms with E-state index in [0.717, 1.165) is 12.8 Å². The number of hydrogen-bond donors (Lipinski definition) is 0. The molecule has 0 aliphatic carbocycles. The van der Waals surface area contributed by atoms with Crippen molar-refractivity contribution in [3.8, 4) is 0 Å². The summed E-state index contributed by atoms with van der Waals surface area (Å²) in [5, 5.41) is 0. The van der Waals surface area contributed by atoms with Gasteiger partial charge in [-0.25, -0.2) is 0 Å². The quantitative estimate of drug-likeness (QED) is 0.618. The Morgan fingerprint density at radius 3 is 1.93 bits per heavy atom. The Morgan fingerprint density at radius 1 is 1.07 bits per heavy atom. The third kappa shape index (κ3) is 2.82. The second-order valence-corrected chi connectivity index (χ2v) is 4.41. The minimum atomic E-state index is 0.150. The lowest BCUT2D eigenvalue weighted by atomic mass is 9.76. The van der Waals surface area contributed by atoms with Crippen molar-refractivity contribution >= 4 is 0 Å². The molecule has 0 saturated heterocycles. The average molecular weight is 200 g/mol. The minimum absolute atomic E-state index is 0.150. The van der Waals surface area contributed by atoms with Crippen LogP contribution < -0.4 is 0 Å². The zero-order valence-corrected chi connectivity index (χ0v) is 9.79. The summed E-state index contributed by atoms with van der Waals surface area (Å²) in [6, 6.07) is 8.75. The molecular weight excluding hydrogens is 180 g/mol. The molecule has 0 radical (unpaired) electrons. The monoisotopic (exact) mass is 200 g/mol. The molecule has 0 nitrogen and oxygen atoms in total. The summed E-state index contributed by atoms with van der Waals surface area (Å²) < 4.78 is 0. The summed E-state index contributed by atoms with van der Waals surface area (Å²) in [7, 11) is 0. The van der Waals surface area contributed by atoms with Crippen LogP contribution in [0.15, 0.2) is 49.6 Å². The smallest absolute Gasteiger partial charge is 0.000660 e. The van der Waals surface area contributed by atoms with Crippen LogP contribution in [0.5, 0.6) is 0 Å². The Labute approximate surface area is 93.3 Å². The molecule has 0 aliphatic rings. The Balaban J connectivity index is 3.02. The molecule has 0 fully saturated rings. The van der Waals surface area contributed by atoms with Gasteiger partial charge in [-0.3, -0.25) is 0 Å². The highest BCUT2D eigenvalue weighted by atomic mass is 14.3. The highest BCUT2D eigenvalue weighted by Gasteiger charge is 2.23. The molecule has 0 aliphatic heterocycles. The summed E-state index contributed by atoms with van der Waals surface area (Å²) in [4.78, 5) is 0. The highest BCUT2D eigenvalue weighted by molar-refractivity contribution is 5.29. The third-order valence-electron chi connectivity index (χ3n) is 2.94. The van der Waals surface area contributed by atoms with E-state index in [2.05, 4.69) is 51.3 Å². The van der Waals surface area contributed by atoms with E-state index in [1.54, 1.807) is 0 Å². The van der Waals surface area contributed by atoms with Crippen molar-refractivity contribution in [3.05, 3.63) is 60.7 Å². The predicted octanol–water partition coefficient (Wildman–Crippen LogP) is 4.40. The van der Waals surface area contributed by atoms with E-state index in [9.17, 15) is 0 Å². The van der Waals surface area contributed by atoms with E-state index < -0.39 is 0 Å². The fourth-order valence-corrected chi connectivity index (χ4v) is 1.91. The Bertz CT molecular complexity index is 320. The summed E-state index contributed by atoms with van der Waals surface area (Å²) >= 11 is 0. The minimum Gasteiger partial charge on any atom is -0.103 e. The van der Waals surface area contributed by atoms with Gasteiger partial charge in [-0.1, -0.05) is 48.9 Å². The van der Waals surface area contributed by atoms with Gasteiger partial charge in [0.25, 0.3) is 0 Å². The second-order valence-electron chi connectivity index (χ2n) is 4.41. The zero-order valence-electron chi connectivity index (χ0n) is 9.79. The van der Waals surface area contributed by atoms with Crippen molar-refractivity contribution < 1.29 is 0 Å². The molecule has 0 atom stereocenters. The van der Waals surface area contributed by atoms with Crippen molar-refractivity contribution in [3.63, 3.8) is 0 Å². The molecule has 15 heavy (non-hydrogen) atoms. The molecule has 0 amide bonds. The standard InChI is InChI=1S/C15H20/c1-5-11-15(4,12-6-2)14-9-7-13(3)8-10-14/h5-10H,1-2,11-12H2,3-4H3. The van der Waals surface area contributed by atoms with Crippen LogP contribution in [0.25, 0.3) is 0 Å². The van der Waals surface area contributed by atoms with Gasteiger partial charge in [0.1, 0.15) is 0 Å². The lowest BCUT2D eigenvalue weighted by molar-refractivity contribution is 0.485. The molecule has 0 unspecified atom stereocenters. The summed E-state index contributed by atoms with van der Waals surface area (Å²) in [6.07, 6.45) is 5.96. The first-order valence-electron chi connectivity index (χ1n) is 5.41. The van der Waals surface area contributed by atoms with Gasteiger partial charge in [0.15, 0.2) is 0 Å². The maximum atomic E-state index is 3.84. The van der Waals surface area contributed by atoms with Crippen LogP contribution in [0.1, 0.15) is 30.9 Å². The normalized spacial score (nSPS) is 11.1. The highest BCUT2D eigenvalue weighted by Crippen LogP contribution is 2.32. The Kier molecular flexibility index (Phi) is 3.90. The number of hydrogen-bond acceptors (Lipinski definition) is 0. The Hall–Kier alpha value is -1.30. The van der Waals surface area contributed by atoms with E-state index >= 15 is 0 Å². The molecule has 0 N–H and O–H groups in total. The van der Waals surface area contributed by atoms with Crippen LogP contribution in [0.2, 0.25) is 0 Å². The SMILES string of the molecule is C=CCC(C)(CC=C)c1ccc(C)cc1. The van der Waals surface area contributed by atoms with Crippen LogP contribution in [0.3, 0.4) is 0 Å². The molecule has 0 aromatic heterocycles. The number of allylic oxidation sites excluding steroid dienone is 2. The van der Waals surface area contributed by atoms with Crippen LogP contribution in [0, 0.1) is 6.92 Å². The number of benzene rings is 1. The van der Waals surface area contributed by atoms with Gasteiger partial charge in [0.05, 0.1) is 0 Å². The fourth-order valence-electron chi connectivity index (χ4n) is 1.91. The van der Waals surface area contributed by atoms with Gasteiger partial charge in [0.2, 0.25) is 0 Å². The molecule has 1 aromatic carbocycles. The first-order chi connectivity index (χ1) is 7.12. The fraction of sp³-hybridized carbons (Fsp3) is 0.333. The van der Waals surface area contributed by atoms with Gasteiger partial charge in [-0.2, -0.15) is 0 Å². The summed E-state index contributed by atoms with van der Waals surface area (Å²) in [5.74, 6) is 0. The topological polar surface area (TPSA) is 0 Å². The van der Waals surface area contributed by atoms with Crippen molar-refractivity contribution in [1.82, 2.24) is 0 Å². The Morgan fingerprint density at radius 2 is 1.53 bits per heavy atom. The zero-order chi connectivity index (χ0) is 11.3. The lowest BCUT2D eigenvalue weighted by Crippen LogP contribution is -2.20. The van der Waals surface area contributed by atoms with Gasteiger partial charge < -0.3 is 0 Å².